The number of aryl methyl sites for hydroxylation is 1. The zero-order valence-electron chi connectivity index (χ0n) is 13.0. The van der Waals surface area contributed by atoms with Crippen molar-refractivity contribution in [3.8, 4) is 0 Å². The summed E-state index contributed by atoms with van der Waals surface area (Å²) in [5.41, 5.74) is 0.948. The van der Waals surface area contributed by atoms with E-state index in [0.29, 0.717) is 24.5 Å². The van der Waals surface area contributed by atoms with Gasteiger partial charge in [-0.25, -0.2) is 8.42 Å². The number of ether oxygens (including phenoxy) is 1. The van der Waals surface area contributed by atoms with Gasteiger partial charge in [0.25, 0.3) is 0 Å². The number of rotatable bonds is 7. The largest absolute Gasteiger partial charge is 0.377 e. The molecule has 1 aliphatic rings. The van der Waals surface area contributed by atoms with E-state index in [1.54, 1.807) is 12.3 Å². The second-order valence-electron chi connectivity index (χ2n) is 5.40. The molecule has 0 spiro atoms. The molecule has 0 aliphatic carbocycles. The zero-order valence-corrected chi connectivity index (χ0v) is 13.8. The summed E-state index contributed by atoms with van der Waals surface area (Å²) in [5.74, 6) is 0. The van der Waals surface area contributed by atoms with Crippen molar-refractivity contribution < 1.29 is 13.2 Å². The summed E-state index contributed by atoms with van der Waals surface area (Å²) < 4.78 is 34.4. The maximum atomic E-state index is 12.8. The molecule has 1 atom stereocenters. The van der Waals surface area contributed by atoms with Crippen LogP contribution >= 0.6 is 0 Å². The highest BCUT2D eigenvalue weighted by molar-refractivity contribution is 7.89. The third kappa shape index (κ3) is 3.66. The molecule has 0 radical (unpaired) electrons. The number of sulfonamides is 1. The van der Waals surface area contributed by atoms with E-state index >= 15 is 0 Å². The van der Waals surface area contributed by atoms with E-state index in [4.69, 9.17) is 4.74 Å². The van der Waals surface area contributed by atoms with Gasteiger partial charge >= 0.3 is 0 Å². The zero-order chi connectivity index (χ0) is 15.5. The molecule has 2 heterocycles. The van der Waals surface area contributed by atoms with E-state index in [1.807, 2.05) is 25.6 Å². The molecule has 7 heteroatoms. The molecule has 1 aromatic rings. The van der Waals surface area contributed by atoms with Gasteiger partial charge in [0.05, 0.1) is 6.10 Å². The van der Waals surface area contributed by atoms with Crippen molar-refractivity contribution in [3.05, 3.63) is 18.0 Å². The van der Waals surface area contributed by atoms with Crippen molar-refractivity contribution in [1.29, 1.82) is 0 Å². The maximum absolute atomic E-state index is 12.8. The van der Waals surface area contributed by atoms with Gasteiger partial charge in [0.1, 0.15) is 4.90 Å². The van der Waals surface area contributed by atoms with Crippen molar-refractivity contribution in [2.75, 3.05) is 26.7 Å². The third-order valence-electron chi connectivity index (χ3n) is 3.86. The van der Waals surface area contributed by atoms with Crippen molar-refractivity contribution in [2.24, 2.45) is 7.05 Å². The fraction of sp³-hybridized carbons (Fsp3) is 0.714. The topological polar surface area (TPSA) is 63.6 Å². The smallest absolute Gasteiger partial charge is 0.244 e. The van der Waals surface area contributed by atoms with Gasteiger partial charge in [0.15, 0.2) is 0 Å². The molecule has 2 rings (SSSR count). The molecule has 6 nitrogen and oxygen atoms in total. The second-order valence-corrected chi connectivity index (χ2v) is 7.34. The Morgan fingerprint density at radius 1 is 1.52 bits per heavy atom. The van der Waals surface area contributed by atoms with Gasteiger partial charge in [-0.05, 0) is 26.0 Å². The first-order valence-electron chi connectivity index (χ1n) is 7.40. The van der Waals surface area contributed by atoms with Crippen LogP contribution in [0.15, 0.2) is 17.2 Å². The molecule has 1 N–H and O–H groups in total. The Hall–Kier alpha value is -0.890. The summed E-state index contributed by atoms with van der Waals surface area (Å²) in [4.78, 5) is 0.357. The highest BCUT2D eigenvalue weighted by atomic mass is 32.2. The molecule has 0 bridgehead atoms. The lowest BCUT2D eigenvalue weighted by Crippen LogP contribution is -2.37. The number of aromatic nitrogens is 1. The molecule has 0 amide bonds. The molecule has 0 saturated carbocycles. The van der Waals surface area contributed by atoms with E-state index in [0.717, 1.165) is 25.1 Å². The summed E-state index contributed by atoms with van der Waals surface area (Å²) >= 11 is 0. The number of likely N-dealkylation sites (N-methyl/N-ethyl adjacent to an activating group) is 1. The number of nitrogens with zero attached hydrogens (tertiary/aromatic N) is 2. The van der Waals surface area contributed by atoms with E-state index in [2.05, 4.69) is 5.32 Å². The summed E-state index contributed by atoms with van der Waals surface area (Å²) in [5, 5.41) is 3.04. The first-order chi connectivity index (χ1) is 9.98. The summed E-state index contributed by atoms with van der Waals surface area (Å²) in [6, 6.07) is 1.74. The van der Waals surface area contributed by atoms with E-state index < -0.39 is 10.0 Å². The molecule has 1 fully saturated rings. The molecular weight excluding hydrogens is 290 g/mol. The molecule has 1 unspecified atom stereocenters. The van der Waals surface area contributed by atoms with Gasteiger partial charge in [0, 0.05) is 45.2 Å². The molecule has 1 aliphatic heterocycles. The van der Waals surface area contributed by atoms with Gasteiger partial charge in [-0.15, -0.1) is 0 Å². The molecule has 120 valence electrons. The lowest BCUT2D eigenvalue weighted by molar-refractivity contribution is 0.0947. The summed E-state index contributed by atoms with van der Waals surface area (Å²) in [6.45, 7) is 4.14. The van der Waals surface area contributed by atoms with Gasteiger partial charge in [-0.2, -0.15) is 4.31 Å². The molecule has 0 aromatic carbocycles. The van der Waals surface area contributed by atoms with Crippen LogP contribution in [-0.2, 0) is 28.4 Å². The minimum Gasteiger partial charge on any atom is -0.377 e. The van der Waals surface area contributed by atoms with Gasteiger partial charge < -0.3 is 14.6 Å². The average molecular weight is 315 g/mol. The van der Waals surface area contributed by atoms with Crippen LogP contribution in [0.1, 0.15) is 25.5 Å². The quantitative estimate of drug-likeness (QED) is 0.813. The van der Waals surface area contributed by atoms with Crippen LogP contribution in [-0.4, -0.2) is 50.1 Å². The summed E-state index contributed by atoms with van der Waals surface area (Å²) in [7, 11) is 0.253. The van der Waals surface area contributed by atoms with E-state index in [9.17, 15) is 8.42 Å². The molecule has 1 aromatic heterocycles. The van der Waals surface area contributed by atoms with Gasteiger partial charge in [-0.3, -0.25) is 0 Å². The predicted octanol–water partition coefficient (Wildman–Crippen LogP) is 0.934. The van der Waals surface area contributed by atoms with Crippen molar-refractivity contribution >= 4 is 10.0 Å². The lowest BCUT2D eigenvalue weighted by Gasteiger charge is -2.22. The number of nitrogens with one attached hydrogen (secondary N) is 1. The Morgan fingerprint density at radius 2 is 2.29 bits per heavy atom. The van der Waals surface area contributed by atoms with Crippen molar-refractivity contribution in [2.45, 2.75) is 37.3 Å². The van der Waals surface area contributed by atoms with Crippen LogP contribution in [0.3, 0.4) is 0 Å². The monoisotopic (exact) mass is 315 g/mol. The number of hydrogen-bond donors (Lipinski definition) is 1. The highest BCUT2D eigenvalue weighted by Gasteiger charge is 2.29. The Balaban J connectivity index is 2.19. The Morgan fingerprint density at radius 3 is 2.86 bits per heavy atom. The van der Waals surface area contributed by atoms with Crippen LogP contribution in [0.2, 0.25) is 0 Å². The van der Waals surface area contributed by atoms with Gasteiger partial charge in [-0.1, -0.05) is 6.92 Å². The Labute approximate surface area is 127 Å². The summed E-state index contributed by atoms with van der Waals surface area (Å²) in [6.07, 6.45) is 3.66. The van der Waals surface area contributed by atoms with E-state index in [1.165, 1.54) is 4.31 Å². The van der Waals surface area contributed by atoms with Crippen LogP contribution < -0.4 is 5.32 Å². The molecule has 1 saturated heterocycles. The normalized spacial score (nSPS) is 19.5. The lowest BCUT2D eigenvalue weighted by atomic mass is 10.2. The number of hydrogen-bond acceptors (Lipinski definition) is 4. The minimum atomic E-state index is -3.45. The van der Waals surface area contributed by atoms with Gasteiger partial charge in [0.2, 0.25) is 10.0 Å². The van der Waals surface area contributed by atoms with Crippen molar-refractivity contribution in [1.82, 2.24) is 14.2 Å². The minimum absolute atomic E-state index is 0.0280. The standard InChI is InChI=1S/C14H25N3O3S/c1-4-17(10-13-6-5-7-20-13)21(18,19)14-8-12(9-15-2)16(3)11-14/h8,11,13,15H,4-7,9-10H2,1-3H3. The van der Waals surface area contributed by atoms with Crippen LogP contribution in [0.5, 0.6) is 0 Å². The van der Waals surface area contributed by atoms with Crippen LogP contribution in [0, 0.1) is 0 Å². The fourth-order valence-electron chi connectivity index (χ4n) is 2.64. The third-order valence-corrected chi connectivity index (χ3v) is 5.77. The fourth-order valence-corrected chi connectivity index (χ4v) is 4.21. The van der Waals surface area contributed by atoms with Crippen molar-refractivity contribution in [3.63, 3.8) is 0 Å². The Kier molecular flexibility index (Phi) is 5.43. The molecular formula is C14H25N3O3S. The predicted molar refractivity (Wildman–Crippen MR) is 81.6 cm³/mol. The first kappa shape index (κ1) is 16.5. The van der Waals surface area contributed by atoms with Crippen LogP contribution in [0.4, 0.5) is 0 Å². The maximum Gasteiger partial charge on any atom is 0.244 e. The highest BCUT2D eigenvalue weighted by Crippen LogP contribution is 2.21. The van der Waals surface area contributed by atoms with Crippen LogP contribution in [0.25, 0.3) is 0 Å². The molecule has 21 heavy (non-hydrogen) atoms. The SMILES string of the molecule is CCN(CC1CCCO1)S(=O)(=O)c1cc(CNC)n(C)c1. The first-order valence-corrected chi connectivity index (χ1v) is 8.84. The average Bonchev–Trinajstić information content (AvgIpc) is 3.07. The Bertz CT molecular complexity index is 562. The van der Waals surface area contributed by atoms with E-state index in [-0.39, 0.29) is 6.10 Å². The second kappa shape index (κ2) is 6.91.